The van der Waals surface area contributed by atoms with E-state index < -0.39 is 0 Å². The van der Waals surface area contributed by atoms with Gasteiger partial charge in [-0.2, -0.15) is 5.10 Å². The van der Waals surface area contributed by atoms with E-state index in [4.69, 9.17) is 4.74 Å². The zero-order valence-corrected chi connectivity index (χ0v) is 16.4. The maximum atomic E-state index is 13.3. The molecule has 7 nitrogen and oxygen atoms in total. The molecule has 7 heteroatoms. The minimum absolute atomic E-state index is 0.110. The van der Waals surface area contributed by atoms with E-state index in [0.29, 0.717) is 19.8 Å². The van der Waals surface area contributed by atoms with Crippen LogP contribution in [0, 0.1) is 19.8 Å². The summed E-state index contributed by atoms with van der Waals surface area (Å²) < 4.78 is 7.31. The van der Waals surface area contributed by atoms with Gasteiger partial charge in [0.05, 0.1) is 11.7 Å². The fourth-order valence-corrected chi connectivity index (χ4v) is 4.47. The minimum Gasteiger partial charge on any atom is -0.381 e. The van der Waals surface area contributed by atoms with Crippen LogP contribution in [0.15, 0.2) is 6.07 Å². The highest BCUT2D eigenvalue weighted by atomic mass is 16.5. The molecule has 1 atom stereocenters. The molecular formula is C20H30N4O3. The molecule has 0 N–H and O–H groups in total. The lowest BCUT2D eigenvalue weighted by Gasteiger charge is -2.38. The predicted molar refractivity (Wildman–Crippen MR) is 100 cm³/mol. The van der Waals surface area contributed by atoms with E-state index in [-0.39, 0.29) is 36.4 Å². The van der Waals surface area contributed by atoms with Crippen LogP contribution >= 0.6 is 0 Å². The number of aryl methyl sites for hydroxylation is 2. The van der Waals surface area contributed by atoms with E-state index in [1.54, 1.807) is 4.68 Å². The topological polar surface area (TPSA) is 67.7 Å². The second-order valence-electron chi connectivity index (χ2n) is 8.23. The summed E-state index contributed by atoms with van der Waals surface area (Å²) in [6, 6.07) is 2.31. The van der Waals surface area contributed by atoms with E-state index in [9.17, 15) is 9.59 Å². The summed E-state index contributed by atoms with van der Waals surface area (Å²) in [5, 5.41) is 4.46. The van der Waals surface area contributed by atoms with Crippen molar-refractivity contribution in [3.63, 3.8) is 0 Å². The molecule has 3 heterocycles. The Labute approximate surface area is 160 Å². The van der Waals surface area contributed by atoms with Gasteiger partial charge in [0.15, 0.2) is 0 Å². The number of amides is 2. The Kier molecular flexibility index (Phi) is 5.21. The van der Waals surface area contributed by atoms with Gasteiger partial charge in [0, 0.05) is 44.0 Å². The number of hydrogen-bond donors (Lipinski definition) is 0. The number of rotatable bonds is 5. The van der Waals surface area contributed by atoms with Crippen molar-refractivity contribution in [3.8, 4) is 0 Å². The lowest BCUT2D eigenvalue weighted by atomic mass is 10.0. The number of aromatic nitrogens is 2. The third-order valence-corrected chi connectivity index (χ3v) is 6.06. The molecule has 148 valence electrons. The largest absolute Gasteiger partial charge is 0.381 e. The molecule has 1 aromatic heterocycles. The van der Waals surface area contributed by atoms with Gasteiger partial charge in [-0.3, -0.25) is 14.3 Å². The van der Waals surface area contributed by atoms with Crippen LogP contribution in [-0.4, -0.2) is 69.8 Å². The van der Waals surface area contributed by atoms with Gasteiger partial charge in [0.25, 0.3) is 0 Å². The Balaban J connectivity index is 1.49. The molecule has 0 aromatic carbocycles. The van der Waals surface area contributed by atoms with Crippen LogP contribution in [0.5, 0.6) is 0 Å². The first-order valence-electron chi connectivity index (χ1n) is 10.2. The molecule has 0 spiro atoms. The van der Waals surface area contributed by atoms with Crippen LogP contribution in [0.25, 0.3) is 0 Å². The van der Waals surface area contributed by atoms with E-state index in [1.165, 1.54) is 0 Å². The van der Waals surface area contributed by atoms with Crippen molar-refractivity contribution in [3.05, 3.63) is 17.5 Å². The van der Waals surface area contributed by atoms with Crippen LogP contribution in [-0.2, 0) is 20.9 Å². The minimum atomic E-state index is 0.110. The normalized spacial score (nSPS) is 23.6. The number of carbonyl (C=O) groups is 2. The Morgan fingerprint density at radius 3 is 2.52 bits per heavy atom. The molecule has 0 radical (unpaired) electrons. The molecule has 4 rings (SSSR count). The molecule has 1 aromatic rings. The standard InChI is InChI=1S/C20H30N4O3/c1-14-11-15(2)23(21-14)13-19(25)24(17-6-9-27-10-7-17)18-5-8-22(12-18)20(26)16-3-4-16/h11,16-18H,3-10,12-13H2,1-2H3. The van der Waals surface area contributed by atoms with Crippen LogP contribution in [0.2, 0.25) is 0 Å². The van der Waals surface area contributed by atoms with Crippen molar-refractivity contribution >= 4 is 11.8 Å². The Hall–Kier alpha value is -1.89. The quantitative estimate of drug-likeness (QED) is 0.784. The summed E-state index contributed by atoms with van der Waals surface area (Å²) in [6.45, 7) is 7.05. The number of ether oxygens (including phenoxy) is 1. The molecule has 1 saturated carbocycles. The van der Waals surface area contributed by atoms with Gasteiger partial charge in [0.2, 0.25) is 11.8 Å². The SMILES string of the molecule is Cc1cc(C)n(CC(=O)N(C2CCOCC2)C2CCN(C(=O)C3CC3)C2)n1. The molecule has 2 amide bonds. The van der Waals surface area contributed by atoms with Gasteiger partial charge in [-0.15, -0.1) is 0 Å². The smallest absolute Gasteiger partial charge is 0.244 e. The van der Waals surface area contributed by atoms with Gasteiger partial charge < -0.3 is 14.5 Å². The predicted octanol–water partition coefficient (Wildman–Crippen LogP) is 1.52. The summed E-state index contributed by atoms with van der Waals surface area (Å²) in [4.78, 5) is 29.8. The molecule has 27 heavy (non-hydrogen) atoms. The first-order chi connectivity index (χ1) is 13.0. The van der Waals surface area contributed by atoms with Gasteiger partial charge in [-0.05, 0) is 52.0 Å². The zero-order chi connectivity index (χ0) is 19.0. The van der Waals surface area contributed by atoms with Gasteiger partial charge in [0.1, 0.15) is 6.54 Å². The van der Waals surface area contributed by atoms with Crippen molar-refractivity contribution in [1.82, 2.24) is 19.6 Å². The zero-order valence-electron chi connectivity index (χ0n) is 16.4. The summed E-state index contributed by atoms with van der Waals surface area (Å²) in [6.07, 6.45) is 4.67. The van der Waals surface area contributed by atoms with E-state index in [0.717, 1.165) is 50.0 Å². The summed E-state index contributed by atoms with van der Waals surface area (Å²) in [5.41, 5.74) is 1.93. The van der Waals surface area contributed by atoms with Crippen molar-refractivity contribution < 1.29 is 14.3 Å². The maximum Gasteiger partial charge on any atom is 0.244 e. The Bertz CT molecular complexity index is 706. The van der Waals surface area contributed by atoms with Crippen molar-refractivity contribution in [2.75, 3.05) is 26.3 Å². The number of nitrogens with zero attached hydrogens (tertiary/aromatic N) is 4. The third-order valence-electron chi connectivity index (χ3n) is 6.06. The first kappa shape index (κ1) is 18.5. The summed E-state index contributed by atoms with van der Waals surface area (Å²) in [5.74, 6) is 0.639. The molecule has 3 fully saturated rings. The average Bonchev–Trinajstić information content (AvgIpc) is 3.31. The molecule has 2 aliphatic heterocycles. The maximum absolute atomic E-state index is 13.3. The van der Waals surface area contributed by atoms with Crippen LogP contribution < -0.4 is 0 Å². The molecule has 1 aliphatic carbocycles. The first-order valence-corrected chi connectivity index (χ1v) is 10.2. The molecule has 3 aliphatic rings. The number of likely N-dealkylation sites (tertiary alicyclic amines) is 1. The Morgan fingerprint density at radius 2 is 1.89 bits per heavy atom. The lowest BCUT2D eigenvalue weighted by Crippen LogP contribution is -2.51. The van der Waals surface area contributed by atoms with Gasteiger partial charge in [-0.1, -0.05) is 0 Å². The highest BCUT2D eigenvalue weighted by Crippen LogP contribution is 2.33. The fourth-order valence-electron chi connectivity index (χ4n) is 4.47. The van der Waals surface area contributed by atoms with Gasteiger partial charge >= 0.3 is 0 Å². The van der Waals surface area contributed by atoms with Crippen LogP contribution in [0.4, 0.5) is 0 Å². The fraction of sp³-hybridized carbons (Fsp3) is 0.750. The highest BCUT2D eigenvalue weighted by molar-refractivity contribution is 5.82. The van der Waals surface area contributed by atoms with Crippen LogP contribution in [0.1, 0.15) is 43.5 Å². The van der Waals surface area contributed by atoms with E-state index >= 15 is 0 Å². The monoisotopic (exact) mass is 374 g/mol. The van der Waals surface area contributed by atoms with Gasteiger partial charge in [-0.25, -0.2) is 0 Å². The lowest BCUT2D eigenvalue weighted by molar-refractivity contribution is -0.140. The summed E-state index contributed by atoms with van der Waals surface area (Å²) >= 11 is 0. The molecular weight excluding hydrogens is 344 g/mol. The van der Waals surface area contributed by atoms with Crippen molar-refractivity contribution in [2.24, 2.45) is 5.92 Å². The second kappa shape index (κ2) is 7.62. The molecule has 1 unspecified atom stereocenters. The number of carbonyl (C=O) groups excluding carboxylic acids is 2. The van der Waals surface area contributed by atoms with Crippen LogP contribution in [0.3, 0.4) is 0 Å². The van der Waals surface area contributed by atoms with E-state index in [1.807, 2.05) is 24.8 Å². The summed E-state index contributed by atoms with van der Waals surface area (Å²) in [7, 11) is 0. The number of hydrogen-bond acceptors (Lipinski definition) is 4. The average molecular weight is 374 g/mol. The van der Waals surface area contributed by atoms with E-state index in [2.05, 4.69) is 10.00 Å². The Morgan fingerprint density at radius 1 is 1.15 bits per heavy atom. The molecule has 0 bridgehead atoms. The van der Waals surface area contributed by atoms with Crippen molar-refractivity contribution in [2.45, 2.75) is 64.6 Å². The highest BCUT2D eigenvalue weighted by Gasteiger charge is 2.41. The third kappa shape index (κ3) is 4.03. The molecule has 2 saturated heterocycles. The van der Waals surface area contributed by atoms with Crippen molar-refractivity contribution in [1.29, 1.82) is 0 Å². The second-order valence-corrected chi connectivity index (χ2v) is 8.23.